The van der Waals surface area contributed by atoms with Gasteiger partial charge in [-0.25, -0.2) is 14.4 Å². The fourth-order valence-electron chi connectivity index (χ4n) is 3.49. The quantitative estimate of drug-likeness (QED) is 0.689. The summed E-state index contributed by atoms with van der Waals surface area (Å²) < 4.78 is 19.9. The second-order valence-electron chi connectivity index (χ2n) is 7.11. The van der Waals surface area contributed by atoms with E-state index in [0.29, 0.717) is 5.92 Å². The summed E-state index contributed by atoms with van der Waals surface area (Å²) in [4.78, 5) is 13.8. The van der Waals surface area contributed by atoms with Crippen LogP contribution in [0.2, 0.25) is 0 Å². The minimum atomic E-state index is -0.236. The van der Waals surface area contributed by atoms with Gasteiger partial charge in [-0.3, -0.25) is 4.90 Å². The molecule has 8 heteroatoms. The van der Waals surface area contributed by atoms with Gasteiger partial charge in [0, 0.05) is 62.8 Å². The normalized spacial score (nSPS) is 18.7. The monoisotopic (exact) mass is 372 g/mol. The molecule has 3 heterocycles. The Morgan fingerprint density at radius 2 is 1.96 bits per heavy atom. The smallest absolute Gasteiger partial charge is 0.205 e. The first-order valence-electron chi connectivity index (χ1n) is 9.17. The van der Waals surface area contributed by atoms with Crippen molar-refractivity contribution in [2.75, 3.05) is 37.6 Å². The van der Waals surface area contributed by atoms with Gasteiger partial charge in [0.05, 0.1) is 17.4 Å². The van der Waals surface area contributed by atoms with Crippen LogP contribution in [0, 0.1) is 5.82 Å². The molecule has 1 saturated carbocycles. The number of nitrogens with zero attached hydrogens (tertiary/aromatic N) is 6. The highest BCUT2D eigenvalue weighted by Crippen LogP contribution is 2.39. The van der Waals surface area contributed by atoms with Crippen molar-refractivity contribution in [2.45, 2.75) is 25.3 Å². The van der Waals surface area contributed by atoms with E-state index in [1.807, 2.05) is 6.07 Å². The molecule has 0 atom stereocenters. The average molecular weight is 372 g/mol. The maximum atomic E-state index is 13.3. The van der Waals surface area contributed by atoms with Crippen molar-refractivity contribution in [1.29, 1.82) is 0 Å². The van der Waals surface area contributed by atoms with Gasteiger partial charge in [0.2, 0.25) is 5.13 Å². The van der Waals surface area contributed by atoms with E-state index in [2.05, 4.69) is 23.7 Å². The topological polar surface area (TPSA) is 50.1 Å². The molecule has 0 amide bonds. The summed E-state index contributed by atoms with van der Waals surface area (Å²) >= 11 is 1.54. The SMILES string of the molecule is Fc1ccc2c(c1)ncn2CCN1CCN(c2nc(C3CC3)ns2)CC1. The number of rotatable bonds is 5. The second kappa shape index (κ2) is 6.59. The van der Waals surface area contributed by atoms with Gasteiger partial charge in [0.25, 0.3) is 0 Å². The lowest BCUT2D eigenvalue weighted by Gasteiger charge is -2.34. The van der Waals surface area contributed by atoms with Crippen molar-refractivity contribution in [2.24, 2.45) is 0 Å². The van der Waals surface area contributed by atoms with Crippen molar-refractivity contribution in [3.8, 4) is 0 Å². The van der Waals surface area contributed by atoms with Gasteiger partial charge < -0.3 is 9.47 Å². The summed E-state index contributed by atoms with van der Waals surface area (Å²) in [6.07, 6.45) is 4.31. The minimum absolute atomic E-state index is 0.236. The predicted octanol–water partition coefficient (Wildman–Crippen LogP) is 2.73. The van der Waals surface area contributed by atoms with Crippen molar-refractivity contribution in [3.05, 3.63) is 36.2 Å². The summed E-state index contributed by atoms with van der Waals surface area (Å²) in [6, 6.07) is 4.79. The Bertz CT molecular complexity index is 909. The Kier molecular flexibility index (Phi) is 4.09. The minimum Gasteiger partial charge on any atom is -0.344 e. The Hall–Kier alpha value is -2.06. The molecule has 0 spiro atoms. The number of piperazine rings is 1. The first-order chi connectivity index (χ1) is 12.8. The van der Waals surface area contributed by atoms with Crippen molar-refractivity contribution in [1.82, 2.24) is 23.8 Å². The van der Waals surface area contributed by atoms with E-state index in [-0.39, 0.29) is 5.82 Å². The summed E-state index contributed by atoms with van der Waals surface area (Å²) in [5.41, 5.74) is 1.71. The Labute approximate surface area is 155 Å². The van der Waals surface area contributed by atoms with Crippen LogP contribution in [0.15, 0.2) is 24.5 Å². The molecule has 2 aliphatic rings. The highest BCUT2D eigenvalue weighted by Gasteiger charge is 2.29. The van der Waals surface area contributed by atoms with Crippen LogP contribution in [0.3, 0.4) is 0 Å². The summed E-state index contributed by atoms with van der Waals surface area (Å²) in [6.45, 7) is 5.89. The van der Waals surface area contributed by atoms with Gasteiger partial charge in [0.15, 0.2) is 0 Å². The summed E-state index contributed by atoms with van der Waals surface area (Å²) in [7, 11) is 0. The summed E-state index contributed by atoms with van der Waals surface area (Å²) in [5, 5.41) is 1.08. The van der Waals surface area contributed by atoms with Gasteiger partial charge in [-0.15, -0.1) is 0 Å². The van der Waals surface area contributed by atoms with Gasteiger partial charge in [-0.2, -0.15) is 4.37 Å². The molecule has 2 aromatic heterocycles. The van der Waals surface area contributed by atoms with E-state index in [1.165, 1.54) is 25.0 Å². The molecule has 2 fully saturated rings. The zero-order chi connectivity index (χ0) is 17.5. The van der Waals surface area contributed by atoms with E-state index >= 15 is 0 Å². The number of aromatic nitrogens is 4. The molecule has 0 bridgehead atoms. The molecule has 0 unspecified atom stereocenters. The molecule has 0 N–H and O–H groups in total. The molecule has 1 aliphatic heterocycles. The molecule has 3 aromatic rings. The maximum absolute atomic E-state index is 13.3. The fourth-order valence-corrected chi connectivity index (χ4v) is 4.29. The van der Waals surface area contributed by atoms with Crippen LogP contribution in [0.4, 0.5) is 9.52 Å². The third-order valence-electron chi connectivity index (χ3n) is 5.26. The number of hydrogen-bond donors (Lipinski definition) is 0. The van der Waals surface area contributed by atoms with E-state index in [1.54, 1.807) is 17.9 Å². The van der Waals surface area contributed by atoms with E-state index < -0.39 is 0 Å². The van der Waals surface area contributed by atoms with Crippen molar-refractivity contribution in [3.63, 3.8) is 0 Å². The highest BCUT2D eigenvalue weighted by atomic mass is 32.1. The van der Waals surface area contributed by atoms with Gasteiger partial charge in [-0.1, -0.05) is 0 Å². The van der Waals surface area contributed by atoms with Crippen LogP contribution in [0.25, 0.3) is 11.0 Å². The maximum Gasteiger partial charge on any atom is 0.205 e. The largest absolute Gasteiger partial charge is 0.344 e. The van der Waals surface area contributed by atoms with Gasteiger partial charge in [-0.05, 0) is 25.0 Å². The zero-order valence-electron chi connectivity index (χ0n) is 14.5. The van der Waals surface area contributed by atoms with Crippen LogP contribution in [0.1, 0.15) is 24.6 Å². The van der Waals surface area contributed by atoms with Crippen molar-refractivity contribution < 1.29 is 4.39 Å². The lowest BCUT2D eigenvalue weighted by Crippen LogP contribution is -2.47. The number of benzene rings is 1. The Morgan fingerprint density at radius 1 is 1.12 bits per heavy atom. The van der Waals surface area contributed by atoms with Crippen molar-refractivity contribution >= 4 is 27.7 Å². The standard InChI is InChI=1S/C18H21FN6S/c19-14-3-4-16-15(11-14)20-12-25(16)10-7-23-5-8-24(9-6-23)18-21-17(22-26-18)13-1-2-13/h3-4,11-13H,1-2,5-10H2. The molecule has 0 radical (unpaired) electrons. The molecule has 1 aromatic carbocycles. The predicted molar refractivity (Wildman–Crippen MR) is 100 cm³/mol. The number of fused-ring (bicyclic) bond motifs is 1. The molecular formula is C18H21FN6S. The van der Waals surface area contributed by atoms with E-state index in [9.17, 15) is 4.39 Å². The highest BCUT2D eigenvalue weighted by molar-refractivity contribution is 7.09. The number of hydrogen-bond acceptors (Lipinski definition) is 6. The van der Waals surface area contributed by atoms with Gasteiger partial charge >= 0.3 is 0 Å². The van der Waals surface area contributed by atoms with Crippen LogP contribution < -0.4 is 4.90 Å². The summed E-state index contributed by atoms with van der Waals surface area (Å²) in [5.74, 6) is 1.44. The Morgan fingerprint density at radius 3 is 2.77 bits per heavy atom. The lowest BCUT2D eigenvalue weighted by molar-refractivity contribution is 0.249. The first kappa shape index (κ1) is 16.1. The number of anilines is 1. The molecule has 26 heavy (non-hydrogen) atoms. The van der Waals surface area contributed by atoms with Crippen LogP contribution >= 0.6 is 11.5 Å². The number of halogens is 1. The van der Waals surface area contributed by atoms with E-state index in [4.69, 9.17) is 4.98 Å². The molecule has 1 aliphatic carbocycles. The fraction of sp³-hybridized carbons (Fsp3) is 0.500. The molecular weight excluding hydrogens is 351 g/mol. The first-order valence-corrected chi connectivity index (χ1v) is 9.95. The van der Waals surface area contributed by atoms with E-state index in [0.717, 1.165) is 61.3 Å². The molecule has 5 rings (SSSR count). The molecule has 1 saturated heterocycles. The molecule has 6 nitrogen and oxygen atoms in total. The Balaban J connectivity index is 1.16. The third kappa shape index (κ3) is 3.19. The molecule has 136 valence electrons. The zero-order valence-corrected chi connectivity index (χ0v) is 15.3. The second-order valence-corrected chi connectivity index (χ2v) is 7.84. The van der Waals surface area contributed by atoms with Crippen LogP contribution in [-0.2, 0) is 6.54 Å². The van der Waals surface area contributed by atoms with Crippen LogP contribution in [-0.4, -0.2) is 56.5 Å². The number of imidazole rings is 1. The van der Waals surface area contributed by atoms with Gasteiger partial charge in [0.1, 0.15) is 11.6 Å². The third-order valence-corrected chi connectivity index (χ3v) is 6.05. The average Bonchev–Trinajstić information content (AvgIpc) is 3.26. The lowest BCUT2D eigenvalue weighted by atomic mass is 10.3. The van der Waals surface area contributed by atoms with Crippen LogP contribution in [0.5, 0.6) is 0 Å².